The normalized spacial score (nSPS) is 10.0. The van der Waals surface area contributed by atoms with E-state index < -0.39 is 0 Å². The Kier molecular flexibility index (Phi) is 13.1. The van der Waals surface area contributed by atoms with Gasteiger partial charge in [-0.3, -0.25) is 0 Å². The molecule has 0 aliphatic rings. The van der Waals surface area contributed by atoms with Crippen molar-refractivity contribution in [1.29, 1.82) is 0 Å². The molecule has 7 rings (SSSR count). The van der Waals surface area contributed by atoms with Crippen molar-refractivity contribution >= 4 is 118 Å². The number of hydrogen-bond acceptors (Lipinski definition) is 13. The first-order valence-corrected chi connectivity index (χ1v) is 14.0. The van der Waals surface area contributed by atoms with Crippen LogP contribution in [0.3, 0.4) is 0 Å². The summed E-state index contributed by atoms with van der Waals surface area (Å²) in [5.41, 5.74) is 8.68. The second-order valence-electron chi connectivity index (χ2n) is 8.37. The second-order valence-corrected chi connectivity index (χ2v) is 10.4. The Morgan fingerprint density at radius 1 is 0.522 bits per heavy atom. The van der Waals surface area contributed by atoms with Gasteiger partial charge in [-0.2, -0.15) is 0 Å². The van der Waals surface area contributed by atoms with E-state index in [0.29, 0.717) is 43.7 Å². The van der Waals surface area contributed by atoms with E-state index in [4.69, 9.17) is 68.4 Å². The topological polar surface area (TPSA) is 179 Å². The monoisotopic (exact) mass is 716 g/mol. The predicted molar refractivity (Wildman–Crippen MR) is 183 cm³/mol. The van der Waals surface area contributed by atoms with Crippen LogP contribution in [-0.4, -0.2) is 49.0 Å². The van der Waals surface area contributed by atoms with E-state index in [0.717, 1.165) is 11.4 Å². The van der Waals surface area contributed by atoms with Crippen molar-refractivity contribution in [3.8, 4) is 0 Å². The van der Waals surface area contributed by atoms with Crippen LogP contribution in [0, 0.1) is 0 Å². The maximum absolute atomic E-state index is 6.03. The highest BCUT2D eigenvalue weighted by Crippen LogP contribution is 2.28. The molecular weight excluding hydrogens is 698 g/mol. The first-order chi connectivity index (χ1) is 21.2. The summed E-state index contributed by atoms with van der Waals surface area (Å²) in [6.07, 6.45) is 0. The highest BCUT2D eigenvalue weighted by atomic mass is 35.5. The van der Waals surface area contributed by atoms with Gasteiger partial charge in [0.2, 0.25) is 22.6 Å². The van der Waals surface area contributed by atoms with Gasteiger partial charge in [-0.15, -0.1) is 0 Å². The Labute approximate surface area is 288 Å². The molecule has 0 aliphatic carbocycles. The number of anilines is 5. The Morgan fingerprint density at radius 2 is 0.891 bits per heavy atom. The number of hydrogen-bond donors (Lipinski definition) is 3. The summed E-state index contributed by atoms with van der Waals surface area (Å²) >= 11 is 28.7. The molecule has 7 aromatic rings. The quantitative estimate of drug-likeness (QED) is 0.117. The van der Waals surface area contributed by atoms with Crippen LogP contribution in [0.2, 0.25) is 25.4 Å². The largest absolute Gasteiger partial charge is 0.399 e. The van der Waals surface area contributed by atoms with Gasteiger partial charge in [-0.1, -0.05) is 83.6 Å². The molecule has 0 bridgehead atoms. The first-order valence-electron chi connectivity index (χ1n) is 12.1. The molecule has 0 atom stereocenters. The summed E-state index contributed by atoms with van der Waals surface area (Å²) in [6, 6.07) is 21.6. The van der Waals surface area contributed by atoms with E-state index >= 15 is 0 Å². The number of nitrogens with two attached hydrogens (primary N) is 1. The van der Waals surface area contributed by atoms with E-state index in [1.165, 1.54) is 0 Å². The zero-order valence-corrected chi connectivity index (χ0v) is 26.1. The highest BCUT2D eigenvalue weighted by molar-refractivity contribution is 6.40. The molecule has 233 valence electrons. The molecule has 0 saturated heterocycles. The fourth-order valence-corrected chi connectivity index (χ4v) is 4.15. The number of aromatic nitrogens is 8. The van der Waals surface area contributed by atoms with Crippen molar-refractivity contribution in [3.05, 3.63) is 98.2 Å². The van der Waals surface area contributed by atoms with E-state index in [2.05, 4.69) is 55.8 Å². The predicted octanol–water partition coefficient (Wildman–Crippen LogP) is 8.30. The van der Waals surface area contributed by atoms with Crippen LogP contribution in [0.25, 0.3) is 22.6 Å². The van der Waals surface area contributed by atoms with Crippen LogP contribution in [0.5, 0.6) is 0 Å². The molecule has 0 fully saturated rings. The van der Waals surface area contributed by atoms with E-state index in [9.17, 15) is 0 Å². The van der Waals surface area contributed by atoms with Crippen molar-refractivity contribution < 1.29 is 9.26 Å². The summed E-state index contributed by atoms with van der Waals surface area (Å²) in [6.45, 7) is 0. The lowest BCUT2D eigenvalue weighted by Crippen LogP contribution is -2.03. The molecule has 4 N–H and O–H groups in total. The summed E-state index contributed by atoms with van der Waals surface area (Å²) in [7, 11) is 0. The van der Waals surface area contributed by atoms with Gasteiger partial charge in [0.25, 0.3) is 0 Å². The van der Waals surface area contributed by atoms with Gasteiger partial charge >= 0.3 is 0 Å². The third-order valence-electron chi connectivity index (χ3n) is 5.17. The lowest BCUT2D eigenvalue weighted by Gasteiger charge is -2.12. The van der Waals surface area contributed by atoms with Gasteiger partial charge in [-0.25, -0.2) is 29.2 Å². The van der Waals surface area contributed by atoms with Crippen LogP contribution >= 0.6 is 58.0 Å². The summed E-state index contributed by atoms with van der Waals surface area (Å²) in [4.78, 5) is 16.3. The number of nitrogens with zero attached hydrogens (tertiary/aromatic N) is 8. The number of nitrogen functional groups attached to an aromatic ring is 1. The van der Waals surface area contributed by atoms with E-state index in [1.807, 2.05) is 30.3 Å². The fourth-order valence-electron chi connectivity index (χ4n) is 3.32. The average Bonchev–Trinajstić information content (AvgIpc) is 3.63. The zero-order valence-electron chi connectivity index (χ0n) is 22.4. The molecule has 19 heteroatoms. The minimum absolute atomic E-state index is 0. The number of fused-ring (bicyclic) bond motifs is 2. The molecule has 4 aromatic heterocycles. The van der Waals surface area contributed by atoms with Crippen LogP contribution in [0.15, 0.2) is 82.1 Å². The Hall–Kier alpha value is -4.47. The van der Waals surface area contributed by atoms with Crippen molar-refractivity contribution in [3.63, 3.8) is 0 Å². The molecule has 0 aliphatic heterocycles. The van der Waals surface area contributed by atoms with Crippen molar-refractivity contribution in [2.24, 2.45) is 0 Å². The second kappa shape index (κ2) is 16.7. The van der Waals surface area contributed by atoms with Crippen molar-refractivity contribution in [2.75, 3.05) is 16.4 Å². The molecule has 0 saturated carbocycles. The van der Waals surface area contributed by atoms with Gasteiger partial charge in [-0.05, 0) is 75.2 Å². The van der Waals surface area contributed by atoms with Gasteiger partial charge in [0, 0.05) is 40.5 Å². The minimum Gasteiger partial charge on any atom is -0.399 e. The Bertz CT molecular complexity index is 1910. The molecule has 0 spiro atoms. The molecule has 3 aromatic carbocycles. The van der Waals surface area contributed by atoms with Crippen molar-refractivity contribution in [2.45, 2.75) is 7.43 Å². The lowest BCUT2D eigenvalue weighted by molar-refractivity contribution is 0.314. The lowest BCUT2D eigenvalue weighted by atomic mass is 10.3. The van der Waals surface area contributed by atoms with Gasteiger partial charge in [0.15, 0.2) is 21.9 Å². The van der Waals surface area contributed by atoms with Gasteiger partial charge in [0.1, 0.15) is 0 Å². The Balaban J connectivity index is 0.000000226. The smallest absolute Gasteiger partial charge is 0.245 e. The molecule has 46 heavy (non-hydrogen) atoms. The number of nitrogens with one attached hydrogen (secondary N) is 2. The maximum Gasteiger partial charge on any atom is 0.245 e. The molecular formula is C27H20BCl5N11O2. The van der Waals surface area contributed by atoms with Gasteiger partial charge in [0.05, 0.1) is 0 Å². The molecule has 0 unspecified atom stereocenters. The third-order valence-corrected chi connectivity index (χ3v) is 6.50. The van der Waals surface area contributed by atoms with Crippen molar-refractivity contribution in [1.82, 2.24) is 40.6 Å². The number of rotatable bonds is 4. The molecule has 0 amide bonds. The summed E-state index contributed by atoms with van der Waals surface area (Å²) in [5, 5.41) is 22.7. The standard InChI is InChI=1S/C16H10Cl2N6O.C6H6ClN.C4Cl2N4O.CH4.B/c17-9-3-1-5-11(7-9)19-13-14(20-12-6-2-4-10(18)8-12)22-16-15(21-13)23-25-24-16;7-5-2-1-3-6(8)4-5;5-1-2(6)8-4-3(7-1)9-11-10-4;;/h1-8H,(H,19,21,23)(H,20,22,24);1-4H,8H2;;1H4;. The van der Waals surface area contributed by atoms with Crippen LogP contribution in [0.4, 0.5) is 28.7 Å². The van der Waals surface area contributed by atoms with E-state index in [-0.39, 0.29) is 37.4 Å². The first kappa shape index (κ1) is 36.0. The summed E-state index contributed by atoms with van der Waals surface area (Å²) < 4.78 is 9.02. The molecule has 3 radical (unpaired) electrons. The molecule has 4 heterocycles. The summed E-state index contributed by atoms with van der Waals surface area (Å²) in [5.74, 6) is 0.899. The maximum atomic E-state index is 6.03. The van der Waals surface area contributed by atoms with Crippen LogP contribution in [-0.2, 0) is 0 Å². The highest BCUT2D eigenvalue weighted by Gasteiger charge is 2.14. The third kappa shape index (κ3) is 9.77. The van der Waals surface area contributed by atoms with Crippen LogP contribution < -0.4 is 16.4 Å². The van der Waals surface area contributed by atoms with E-state index in [1.54, 1.807) is 42.5 Å². The SMILES string of the molecule is C.Clc1cccc(Nc2nc3nonc3nc2Nc2cccc(Cl)c2)c1.Clc1nc2nonc2nc1Cl.Nc1cccc(Cl)c1.[B]. The Morgan fingerprint density at radius 3 is 1.24 bits per heavy atom. The average molecular weight is 719 g/mol. The fraction of sp³-hybridized carbons (Fsp3) is 0.0370. The van der Waals surface area contributed by atoms with Crippen LogP contribution in [0.1, 0.15) is 7.43 Å². The van der Waals surface area contributed by atoms with Gasteiger partial charge < -0.3 is 16.4 Å². The minimum atomic E-state index is 0. The zero-order chi connectivity index (χ0) is 31.1. The molecule has 13 nitrogen and oxygen atoms in total. The number of benzene rings is 3. The number of halogens is 5.